The Morgan fingerprint density at radius 3 is 2.24 bits per heavy atom. The second kappa shape index (κ2) is 9.31. The van der Waals surface area contributed by atoms with E-state index in [4.69, 9.17) is 4.74 Å². The van der Waals surface area contributed by atoms with Crippen LogP contribution < -0.4 is 10.1 Å². The molecule has 2 aromatic carbocycles. The normalized spacial score (nSPS) is 13.4. The molecule has 2 heterocycles. The first kappa shape index (κ1) is 21.7. The average Bonchev–Trinajstić information content (AvgIpc) is 3.05. The Kier molecular flexibility index (Phi) is 6.12. The Bertz CT molecular complexity index is 1220. The summed E-state index contributed by atoms with van der Waals surface area (Å²) in [6, 6.07) is 16.0. The van der Waals surface area contributed by atoms with Gasteiger partial charge in [-0.2, -0.15) is 0 Å². The molecule has 1 aromatic heterocycles. The zero-order valence-corrected chi connectivity index (χ0v) is 17.7. The molecule has 166 valence electrons. The number of carbonyl (C=O) groups is 2. The lowest BCUT2D eigenvalue weighted by Gasteiger charge is -2.15. The van der Waals surface area contributed by atoms with E-state index in [9.17, 15) is 19.7 Å². The Hall–Kier alpha value is -4.53. The topological polar surface area (TPSA) is 115 Å². The van der Waals surface area contributed by atoms with Crippen molar-refractivity contribution in [2.45, 2.75) is 13.5 Å². The summed E-state index contributed by atoms with van der Waals surface area (Å²) >= 11 is 0. The van der Waals surface area contributed by atoms with Gasteiger partial charge >= 0.3 is 0 Å². The van der Waals surface area contributed by atoms with Crippen molar-refractivity contribution in [2.75, 3.05) is 11.9 Å². The Morgan fingerprint density at radius 1 is 0.970 bits per heavy atom. The molecule has 3 aromatic rings. The highest BCUT2D eigenvalue weighted by Gasteiger charge is 2.39. The molecule has 0 saturated carbocycles. The SMILES string of the molecule is CCOc1ccc(NC2=C(c3ccc([N+](=O)[O-])cc3)C(=O)N(Cc3ccncc3)C2=O)cc1. The molecule has 33 heavy (non-hydrogen) atoms. The second-order valence-corrected chi connectivity index (χ2v) is 7.19. The van der Waals surface area contributed by atoms with Crippen LogP contribution in [-0.4, -0.2) is 33.2 Å². The maximum Gasteiger partial charge on any atom is 0.278 e. The number of aromatic nitrogens is 1. The minimum Gasteiger partial charge on any atom is -0.494 e. The monoisotopic (exact) mass is 444 g/mol. The molecule has 0 fully saturated rings. The Balaban J connectivity index is 1.71. The number of nitrogens with one attached hydrogen (secondary N) is 1. The smallest absolute Gasteiger partial charge is 0.278 e. The van der Waals surface area contributed by atoms with Gasteiger partial charge in [0.2, 0.25) is 0 Å². The van der Waals surface area contributed by atoms with E-state index in [1.165, 1.54) is 24.3 Å². The van der Waals surface area contributed by atoms with Crippen LogP contribution in [0, 0.1) is 10.1 Å². The van der Waals surface area contributed by atoms with E-state index in [2.05, 4.69) is 10.3 Å². The summed E-state index contributed by atoms with van der Waals surface area (Å²) in [7, 11) is 0. The van der Waals surface area contributed by atoms with E-state index in [-0.39, 0.29) is 23.5 Å². The van der Waals surface area contributed by atoms with Crippen LogP contribution in [0.15, 0.2) is 78.8 Å². The lowest BCUT2D eigenvalue weighted by molar-refractivity contribution is -0.384. The van der Waals surface area contributed by atoms with E-state index in [0.29, 0.717) is 23.6 Å². The van der Waals surface area contributed by atoms with E-state index in [0.717, 1.165) is 10.5 Å². The van der Waals surface area contributed by atoms with E-state index >= 15 is 0 Å². The molecule has 1 N–H and O–H groups in total. The van der Waals surface area contributed by atoms with Crippen molar-refractivity contribution in [1.82, 2.24) is 9.88 Å². The van der Waals surface area contributed by atoms with Gasteiger partial charge in [0.25, 0.3) is 17.5 Å². The molecule has 2 amide bonds. The fraction of sp³-hybridized carbons (Fsp3) is 0.125. The number of nitro groups is 1. The molecular weight excluding hydrogens is 424 g/mol. The van der Waals surface area contributed by atoms with Crippen LogP contribution in [-0.2, 0) is 16.1 Å². The van der Waals surface area contributed by atoms with E-state index in [1.54, 1.807) is 48.8 Å². The average molecular weight is 444 g/mol. The number of rotatable bonds is 8. The van der Waals surface area contributed by atoms with Gasteiger partial charge in [-0.1, -0.05) is 0 Å². The van der Waals surface area contributed by atoms with Crippen molar-refractivity contribution < 1.29 is 19.2 Å². The summed E-state index contributed by atoms with van der Waals surface area (Å²) < 4.78 is 5.44. The zero-order chi connectivity index (χ0) is 23.4. The summed E-state index contributed by atoms with van der Waals surface area (Å²) in [5.41, 5.74) is 1.90. The van der Waals surface area contributed by atoms with Crippen molar-refractivity contribution in [3.05, 3.63) is 100.0 Å². The molecule has 0 unspecified atom stereocenters. The van der Waals surface area contributed by atoms with Gasteiger partial charge < -0.3 is 10.1 Å². The molecule has 0 radical (unpaired) electrons. The standard InChI is InChI=1S/C24H20N4O5/c1-2-33-20-9-5-18(6-10-20)26-22-21(17-3-7-19(8-4-17)28(31)32)23(29)27(24(22)30)15-16-11-13-25-14-12-16/h3-14,26H,2,15H2,1H3. The van der Waals surface area contributed by atoms with Crippen molar-refractivity contribution in [1.29, 1.82) is 0 Å². The highest BCUT2D eigenvalue weighted by Crippen LogP contribution is 2.32. The summed E-state index contributed by atoms with van der Waals surface area (Å²) in [6.45, 7) is 2.48. The number of pyridine rings is 1. The number of benzene rings is 2. The summed E-state index contributed by atoms with van der Waals surface area (Å²) in [6.07, 6.45) is 3.17. The number of non-ortho nitro benzene ring substituents is 1. The summed E-state index contributed by atoms with van der Waals surface area (Å²) in [5, 5.41) is 14.1. The van der Waals surface area contributed by atoms with Crippen LogP contribution >= 0.6 is 0 Å². The quantitative estimate of drug-likeness (QED) is 0.319. The highest BCUT2D eigenvalue weighted by atomic mass is 16.6. The Morgan fingerprint density at radius 2 is 1.64 bits per heavy atom. The van der Waals surface area contributed by atoms with Crippen molar-refractivity contribution in [3.8, 4) is 5.75 Å². The van der Waals surface area contributed by atoms with Gasteiger partial charge in [0.05, 0.1) is 23.6 Å². The predicted molar refractivity (Wildman–Crippen MR) is 121 cm³/mol. The molecule has 9 nitrogen and oxygen atoms in total. The molecule has 0 bridgehead atoms. The first-order valence-electron chi connectivity index (χ1n) is 10.2. The third kappa shape index (κ3) is 4.57. The number of anilines is 1. The van der Waals surface area contributed by atoms with Crippen LogP contribution in [0.5, 0.6) is 5.75 Å². The van der Waals surface area contributed by atoms with Gasteiger partial charge in [-0.15, -0.1) is 0 Å². The molecular formula is C24H20N4O5. The van der Waals surface area contributed by atoms with Gasteiger partial charge in [-0.25, -0.2) is 0 Å². The van der Waals surface area contributed by atoms with Gasteiger partial charge in [0.1, 0.15) is 11.4 Å². The highest BCUT2D eigenvalue weighted by molar-refractivity contribution is 6.36. The largest absolute Gasteiger partial charge is 0.494 e. The first-order valence-corrected chi connectivity index (χ1v) is 10.2. The number of carbonyl (C=O) groups excluding carboxylic acids is 2. The first-order chi connectivity index (χ1) is 16.0. The second-order valence-electron chi connectivity index (χ2n) is 7.19. The van der Waals surface area contributed by atoms with Crippen LogP contribution in [0.1, 0.15) is 18.1 Å². The van der Waals surface area contributed by atoms with Crippen LogP contribution in [0.3, 0.4) is 0 Å². The molecule has 9 heteroatoms. The lowest BCUT2D eigenvalue weighted by Crippen LogP contribution is -2.32. The number of imide groups is 1. The van der Waals surface area contributed by atoms with Crippen LogP contribution in [0.4, 0.5) is 11.4 Å². The molecule has 0 spiro atoms. The molecule has 0 saturated heterocycles. The predicted octanol–water partition coefficient (Wildman–Crippen LogP) is 3.78. The van der Waals surface area contributed by atoms with Crippen molar-refractivity contribution in [2.24, 2.45) is 0 Å². The van der Waals surface area contributed by atoms with E-state index < -0.39 is 16.7 Å². The third-order valence-electron chi connectivity index (χ3n) is 5.06. The molecule has 0 aliphatic carbocycles. The third-order valence-corrected chi connectivity index (χ3v) is 5.06. The number of ether oxygens (including phenoxy) is 1. The number of amides is 2. The van der Waals surface area contributed by atoms with Crippen LogP contribution in [0.25, 0.3) is 5.57 Å². The minimum atomic E-state index is -0.519. The fourth-order valence-corrected chi connectivity index (χ4v) is 3.47. The number of hydrogen-bond acceptors (Lipinski definition) is 7. The van der Waals surface area contributed by atoms with Crippen LogP contribution in [0.2, 0.25) is 0 Å². The summed E-state index contributed by atoms with van der Waals surface area (Å²) in [4.78, 5) is 42.2. The molecule has 1 aliphatic rings. The molecule has 4 rings (SSSR count). The van der Waals surface area contributed by atoms with Gasteiger partial charge in [0.15, 0.2) is 0 Å². The minimum absolute atomic E-state index is 0.0745. The Labute approximate surface area is 189 Å². The maximum absolute atomic E-state index is 13.3. The molecule has 0 atom stereocenters. The fourth-order valence-electron chi connectivity index (χ4n) is 3.47. The zero-order valence-electron chi connectivity index (χ0n) is 17.7. The van der Waals surface area contributed by atoms with E-state index in [1.807, 2.05) is 6.92 Å². The van der Waals surface area contributed by atoms with Crippen molar-refractivity contribution in [3.63, 3.8) is 0 Å². The van der Waals surface area contributed by atoms with Gasteiger partial charge in [-0.3, -0.25) is 29.6 Å². The number of nitrogens with zero attached hydrogens (tertiary/aromatic N) is 3. The summed E-state index contributed by atoms with van der Waals surface area (Å²) in [5.74, 6) is -0.293. The molecule has 1 aliphatic heterocycles. The van der Waals surface area contributed by atoms with Gasteiger partial charge in [-0.05, 0) is 66.6 Å². The number of nitro benzene ring substituents is 1. The van der Waals surface area contributed by atoms with Gasteiger partial charge in [0, 0.05) is 30.2 Å². The maximum atomic E-state index is 13.3. The number of hydrogen-bond donors (Lipinski definition) is 1. The van der Waals surface area contributed by atoms with Crippen molar-refractivity contribution >= 4 is 28.8 Å². The lowest BCUT2D eigenvalue weighted by atomic mass is 10.0.